The molecule has 0 unspecified atom stereocenters. The lowest BCUT2D eigenvalue weighted by molar-refractivity contribution is 0.0607. The Kier molecular flexibility index (Phi) is 4.57. The number of piperidine rings is 1. The summed E-state index contributed by atoms with van der Waals surface area (Å²) in [7, 11) is -3.36. The third-order valence-electron chi connectivity index (χ3n) is 5.22. The Hall–Kier alpha value is -1.60. The number of carbonyl (C=O) groups excluding carboxylic acids is 1. The van der Waals surface area contributed by atoms with E-state index in [9.17, 15) is 13.2 Å². The molecule has 1 aromatic carbocycles. The second kappa shape index (κ2) is 6.37. The minimum atomic E-state index is -3.36. The topological polar surface area (TPSA) is 78.5 Å². The van der Waals surface area contributed by atoms with Crippen molar-refractivity contribution in [3.05, 3.63) is 29.3 Å². The lowest BCUT2D eigenvalue weighted by atomic mass is 9.78. The summed E-state index contributed by atoms with van der Waals surface area (Å²) in [6, 6.07) is 5.19. The van der Waals surface area contributed by atoms with Gasteiger partial charge in [0.05, 0.1) is 11.9 Å². The van der Waals surface area contributed by atoms with E-state index in [0.717, 1.165) is 50.8 Å². The van der Waals surface area contributed by atoms with Gasteiger partial charge >= 0.3 is 0 Å². The second-order valence-corrected chi connectivity index (χ2v) is 8.87. The van der Waals surface area contributed by atoms with Crippen molar-refractivity contribution in [1.29, 1.82) is 0 Å². The molecule has 6 nitrogen and oxygen atoms in total. The van der Waals surface area contributed by atoms with Crippen molar-refractivity contribution in [2.24, 2.45) is 5.41 Å². The summed E-state index contributed by atoms with van der Waals surface area (Å²) in [5, 5.41) is 3.43. The lowest BCUT2D eigenvalue weighted by Gasteiger charge is -2.39. The number of nitrogens with zero attached hydrogens (tertiary/aromatic N) is 1. The Morgan fingerprint density at radius 2 is 1.96 bits per heavy atom. The van der Waals surface area contributed by atoms with E-state index >= 15 is 0 Å². The predicted molar refractivity (Wildman–Crippen MR) is 94.7 cm³/mol. The summed E-state index contributed by atoms with van der Waals surface area (Å²) >= 11 is 0. The maximum atomic E-state index is 12.8. The maximum Gasteiger partial charge on any atom is 0.253 e. The highest BCUT2D eigenvalue weighted by Gasteiger charge is 2.38. The number of hydrogen-bond donors (Lipinski definition) is 2. The fraction of sp³-hybridized carbons (Fsp3) is 0.588. The third-order valence-corrected chi connectivity index (χ3v) is 5.81. The Morgan fingerprint density at radius 1 is 1.25 bits per heavy atom. The van der Waals surface area contributed by atoms with Crippen molar-refractivity contribution < 1.29 is 13.2 Å². The minimum absolute atomic E-state index is 0.0210. The average Bonchev–Trinajstić information content (AvgIpc) is 2.96. The van der Waals surface area contributed by atoms with Crippen LogP contribution in [0.1, 0.15) is 35.2 Å². The molecule has 0 radical (unpaired) electrons. The molecule has 1 spiro atoms. The highest BCUT2D eigenvalue weighted by atomic mass is 32.2. The van der Waals surface area contributed by atoms with E-state index in [4.69, 9.17) is 0 Å². The first-order valence-corrected chi connectivity index (χ1v) is 10.3. The number of benzene rings is 1. The van der Waals surface area contributed by atoms with Gasteiger partial charge in [0.15, 0.2) is 0 Å². The number of aryl methyl sites for hydroxylation is 1. The SMILES string of the molecule is Cc1ccc(C(=O)N2CCC3(CCNC3)CC2)cc1NS(C)(=O)=O. The molecule has 2 fully saturated rings. The standard InChI is InChI=1S/C17H25N3O3S/c1-13-3-4-14(11-15(13)19-24(2,22)23)16(21)20-9-6-17(7-10-20)5-8-18-12-17/h3-4,11,18-19H,5-10,12H2,1-2H3. The molecule has 0 saturated carbocycles. The van der Waals surface area contributed by atoms with Crippen molar-refractivity contribution >= 4 is 21.6 Å². The fourth-order valence-corrected chi connectivity index (χ4v) is 4.27. The quantitative estimate of drug-likeness (QED) is 0.867. The Bertz CT molecular complexity index is 729. The van der Waals surface area contributed by atoms with Crippen LogP contribution in [0.5, 0.6) is 0 Å². The number of hydrogen-bond acceptors (Lipinski definition) is 4. The van der Waals surface area contributed by atoms with Gasteiger partial charge in [-0.05, 0) is 55.8 Å². The highest BCUT2D eigenvalue weighted by molar-refractivity contribution is 7.92. The van der Waals surface area contributed by atoms with E-state index in [1.54, 1.807) is 18.2 Å². The first kappa shape index (κ1) is 17.2. The largest absolute Gasteiger partial charge is 0.339 e. The van der Waals surface area contributed by atoms with Crippen molar-refractivity contribution in [2.45, 2.75) is 26.2 Å². The van der Waals surface area contributed by atoms with Gasteiger partial charge in [-0.1, -0.05) is 6.07 Å². The molecule has 0 bridgehead atoms. The Labute approximate surface area is 143 Å². The van der Waals surface area contributed by atoms with Crippen LogP contribution in [-0.2, 0) is 10.0 Å². The van der Waals surface area contributed by atoms with Crippen LogP contribution >= 0.6 is 0 Å². The zero-order valence-electron chi connectivity index (χ0n) is 14.3. The van der Waals surface area contributed by atoms with Crippen LogP contribution in [0, 0.1) is 12.3 Å². The number of anilines is 1. The second-order valence-electron chi connectivity index (χ2n) is 7.12. The van der Waals surface area contributed by atoms with Crippen molar-refractivity contribution in [3.8, 4) is 0 Å². The molecule has 2 aliphatic rings. The normalized spacial score (nSPS) is 20.3. The zero-order valence-corrected chi connectivity index (χ0v) is 15.1. The zero-order chi connectivity index (χ0) is 17.4. The van der Waals surface area contributed by atoms with Crippen LogP contribution in [0.2, 0.25) is 0 Å². The molecule has 2 N–H and O–H groups in total. The van der Waals surface area contributed by atoms with Crippen LogP contribution in [0.4, 0.5) is 5.69 Å². The molecule has 0 aliphatic carbocycles. The number of carbonyl (C=O) groups is 1. The van der Waals surface area contributed by atoms with Gasteiger partial charge in [-0.25, -0.2) is 8.42 Å². The number of nitrogens with one attached hydrogen (secondary N) is 2. The summed E-state index contributed by atoms with van der Waals surface area (Å²) in [6.07, 6.45) is 4.38. The van der Waals surface area contributed by atoms with Crippen LogP contribution in [-0.4, -0.2) is 51.7 Å². The summed E-state index contributed by atoms with van der Waals surface area (Å²) < 4.78 is 25.4. The Balaban J connectivity index is 1.72. The van der Waals surface area contributed by atoms with Gasteiger partial charge in [0.1, 0.15) is 0 Å². The van der Waals surface area contributed by atoms with Gasteiger partial charge in [0.2, 0.25) is 10.0 Å². The number of amides is 1. The van der Waals surface area contributed by atoms with E-state index in [0.29, 0.717) is 16.7 Å². The van der Waals surface area contributed by atoms with Gasteiger partial charge in [-0.2, -0.15) is 0 Å². The summed E-state index contributed by atoms with van der Waals surface area (Å²) in [4.78, 5) is 14.7. The average molecular weight is 351 g/mol. The molecule has 1 amide bonds. The Morgan fingerprint density at radius 3 is 2.54 bits per heavy atom. The third kappa shape index (κ3) is 3.72. The predicted octanol–water partition coefficient (Wildman–Crippen LogP) is 1.58. The van der Waals surface area contributed by atoms with Crippen molar-refractivity contribution in [2.75, 3.05) is 37.2 Å². The van der Waals surface area contributed by atoms with E-state index < -0.39 is 10.0 Å². The molecular formula is C17H25N3O3S. The number of likely N-dealkylation sites (tertiary alicyclic amines) is 1. The van der Waals surface area contributed by atoms with E-state index in [1.807, 2.05) is 11.8 Å². The monoisotopic (exact) mass is 351 g/mol. The number of rotatable bonds is 3. The van der Waals surface area contributed by atoms with Crippen molar-refractivity contribution in [1.82, 2.24) is 10.2 Å². The van der Waals surface area contributed by atoms with Gasteiger partial charge in [0.25, 0.3) is 5.91 Å². The first-order valence-electron chi connectivity index (χ1n) is 8.37. The van der Waals surface area contributed by atoms with Gasteiger partial charge in [-0.15, -0.1) is 0 Å². The summed E-state index contributed by atoms with van der Waals surface area (Å²) in [5.74, 6) is -0.0210. The van der Waals surface area contributed by atoms with Crippen LogP contribution in [0.25, 0.3) is 0 Å². The molecule has 3 rings (SSSR count). The molecule has 2 saturated heterocycles. The fourth-order valence-electron chi connectivity index (χ4n) is 3.65. The van der Waals surface area contributed by atoms with Crippen LogP contribution in [0.3, 0.4) is 0 Å². The molecule has 132 valence electrons. The maximum absolute atomic E-state index is 12.8. The highest BCUT2D eigenvalue weighted by Crippen LogP contribution is 2.37. The molecule has 1 aromatic rings. The summed E-state index contributed by atoms with van der Waals surface area (Å²) in [6.45, 7) is 5.49. The molecule has 2 aliphatic heterocycles. The first-order chi connectivity index (χ1) is 11.3. The van der Waals surface area contributed by atoms with E-state index in [-0.39, 0.29) is 5.91 Å². The van der Waals surface area contributed by atoms with Gasteiger partial charge in [0, 0.05) is 25.2 Å². The van der Waals surface area contributed by atoms with Gasteiger partial charge in [-0.3, -0.25) is 9.52 Å². The number of sulfonamides is 1. The molecule has 0 aromatic heterocycles. The molecule has 2 heterocycles. The van der Waals surface area contributed by atoms with E-state index in [2.05, 4.69) is 10.0 Å². The van der Waals surface area contributed by atoms with Crippen LogP contribution < -0.4 is 10.0 Å². The smallest absolute Gasteiger partial charge is 0.253 e. The van der Waals surface area contributed by atoms with E-state index in [1.165, 1.54) is 6.42 Å². The van der Waals surface area contributed by atoms with Crippen molar-refractivity contribution in [3.63, 3.8) is 0 Å². The molecule has 24 heavy (non-hydrogen) atoms. The van der Waals surface area contributed by atoms with Gasteiger partial charge < -0.3 is 10.2 Å². The molecular weight excluding hydrogens is 326 g/mol. The van der Waals surface area contributed by atoms with Crippen LogP contribution in [0.15, 0.2) is 18.2 Å². The minimum Gasteiger partial charge on any atom is -0.339 e. The lowest BCUT2D eigenvalue weighted by Crippen LogP contribution is -2.44. The molecule has 7 heteroatoms. The molecule has 0 atom stereocenters. The summed E-state index contributed by atoms with van der Waals surface area (Å²) in [5.41, 5.74) is 2.17.